The van der Waals surface area contributed by atoms with Gasteiger partial charge in [0.25, 0.3) is 0 Å². The smallest absolute Gasteiger partial charge is 0.180 e. The second kappa shape index (κ2) is 3.98. The van der Waals surface area contributed by atoms with Gasteiger partial charge in [0.15, 0.2) is 11.5 Å². The molecule has 2 aromatic rings. The lowest BCUT2D eigenvalue weighted by Gasteiger charge is -2.23. The number of hydrogen-bond donors (Lipinski definition) is 0. The molecule has 5 heteroatoms. The van der Waals surface area contributed by atoms with Crippen molar-refractivity contribution in [1.29, 1.82) is 0 Å². The molecule has 3 rings (SSSR count). The molecule has 0 saturated carbocycles. The number of rotatable bonds is 1. The maximum absolute atomic E-state index is 4.60. The summed E-state index contributed by atoms with van der Waals surface area (Å²) < 4.78 is 2.87. The van der Waals surface area contributed by atoms with E-state index in [2.05, 4.69) is 44.6 Å². The Balaban J connectivity index is 2.13. The summed E-state index contributed by atoms with van der Waals surface area (Å²) in [5, 5.41) is 0. The van der Waals surface area contributed by atoms with E-state index in [1.165, 1.54) is 6.42 Å². The van der Waals surface area contributed by atoms with Gasteiger partial charge in [-0.15, -0.1) is 0 Å². The molecule has 2 atom stereocenters. The van der Waals surface area contributed by atoms with E-state index in [4.69, 9.17) is 0 Å². The number of hydrogen-bond acceptors (Lipinski definition) is 3. The van der Waals surface area contributed by atoms with Crippen molar-refractivity contribution in [3.8, 4) is 0 Å². The lowest BCUT2D eigenvalue weighted by Crippen LogP contribution is -2.28. The molecule has 0 radical (unpaired) electrons. The first kappa shape index (κ1) is 11.0. The van der Waals surface area contributed by atoms with Gasteiger partial charge in [0.2, 0.25) is 0 Å². The lowest BCUT2D eigenvalue weighted by molar-refractivity contribution is 0.625. The number of aromatic nitrogens is 3. The van der Waals surface area contributed by atoms with Crippen LogP contribution in [0.5, 0.6) is 0 Å². The van der Waals surface area contributed by atoms with E-state index in [1.54, 1.807) is 0 Å². The Morgan fingerprint density at radius 2 is 2.24 bits per heavy atom. The molecule has 0 bridgehead atoms. The van der Waals surface area contributed by atoms with Crippen LogP contribution in [0.1, 0.15) is 20.3 Å². The van der Waals surface area contributed by atoms with Gasteiger partial charge in [0, 0.05) is 31.2 Å². The highest BCUT2D eigenvalue weighted by atomic mass is 79.9. The molecule has 17 heavy (non-hydrogen) atoms. The summed E-state index contributed by atoms with van der Waals surface area (Å²) in [4.78, 5) is 11.4. The molecule has 2 unspecified atom stereocenters. The summed E-state index contributed by atoms with van der Waals surface area (Å²) in [5.74, 6) is 1.71. The number of nitrogens with zero attached hydrogens (tertiary/aromatic N) is 4. The standard InChI is InChI=1S/C12H15BrN4/c1-8-5-9(2)17(6-8)12-11-14-3-4-16(11)7-10(13)15-12/h3-4,7-9H,5-6H2,1-2H3. The molecule has 0 aromatic carbocycles. The molecule has 3 heterocycles. The van der Waals surface area contributed by atoms with Crippen LogP contribution in [0.15, 0.2) is 23.2 Å². The lowest BCUT2D eigenvalue weighted by atomic mass is 10.1. The van der Waals surface area contributed by atoms with Crippen molar-refractivity contribution in [2.24, 2.45) is 5.92 Å². The first-order valence-electron chi connectivity index (χ1n) is 5.91. The van der Waals surface area contributed by atoms with Gasteiger partial charge in [-0.3, -0.25) is 0 Å². The minimum atomic E-state index is 0.535. The number of fused-ring (bicyclic) bond motifs is 1. The molecule has 90 valence electrons. The first-order chi connectivity index (χ1) is 8.15. The minimum absolute atomic E-state index is 0.535. The third-order valence-electron chi connectivity index (χ3n) is 3.38. The van der Waals surface area contributed by atoms with E-state index >= 15 is 0 Å². The number of anilines is 1. The van der Waals surface area contributed by atoms with Gasteiger partial charge in [0.05, 0.1) is 0 Å². The van der Waals surface area contributed by atoms with Crippen molar-refractivity contribution in [2.75, 3.05) is 11.4 Å². The van der Waals surface area contributed by atoms with E-state index in [0.29, 0.717) is 6.04 Å². The van der Waals surface area contributed by atoms with Crippen molar-refractivity contribution in [3.63, 3.8) is 0 Å². The van der Waals surface area contributed by atoms with Gasteiger partial charge in [-0.05, 0) is 35.2 Å². The Hall–Kier alpha value is -1.10. The second-order valence-electron chi connectivity index (χ2n) is 4.89. The van der Waals surface area contributed by atoms with Gasteiger partial charge in [-0.25, -0.2) is 9.97 Å². The van der Waals surface area contributed by atoms with Crippen molar-refractivity contribution < 1.29 is 0 Å². The highest BCUT2D eigenvalue weighted by Gasteiger charge is 2.29. The molecule has 0 aliphatic carbocycles. The van der Waals surface area contributed by atoms with Crippen molar-refractivity contribution >= 4 is 27.4 Å². The molecule has 0 spiro atoms. The zero-order valence-corrected chi connectivity index (χ0v) is 11.6. The third-order valence-corrected chi connectivity index (χ3v) is 3.77. The highest BCUT2D eigenvalue weighted by Crippen LogP contribution is 2.30. The largest absolute Gasteiger partial charge is 0.351 e. The summed E-state index contributed by atoms with van der Waals surface area (Å²) in [6, 6.07) is 0.535. The quantitative estimate of drug-likeness (QED) is 0.811. The van der Waals surface area contributed by atoms with Gasteiger partial charge in [0.1, 0.15) is 4.60 Å². The Morgan fingerprint density at radius 1 is 1.41 bits per heavy atom. The first-order valence-corrected chi connectivity index (χ1v) is 6.70. The normalized spacial score (nSPS) is 24.8. The van der Waals surface area contributed by atoms with E-state index in [1.807, 2.05) is 23.0 Å². The van der Waals surface area contributed by atoms with Crippen molar-refractivity contribution in [2.45, 2.75) is 26.3 Å². The Kier molecular flexibility index (Phi) is 2.58. The molecular formula is C12H15BrN4. The van der Waals surface area contributed by atoms with Crippen LogP contribution in [0.3, 0.4) is 0 Å². The highest BCUT2D eigenvalue weighted by molar-refractivity contribution is 9.10. The van der Waals surface area contributed by atoms with E-state index in [9.17, 15) is 0 Å². The third kappa shape index (κ3) is 1.82. The maximum atomic E-state index is 4.60. The Morgan fingerprint density at radius 3 is 2.94 bits per heavy atom. The van der Waals surface area contributed by atoms with Crippen LogP contribution >= 0.6 is 15.9 Å². The fourth-order valence-electron chi connectivity index (χ4n) is 2.67. The molecule has 0 amide bonds. The molecule has 0 N–H and O–H groups in total. The average Bonchev–Trinajstić information content (AvgIpc) is 2.83. The van der Waals surface area contributed by atoms with Crippen molar-refractivity contribution in [1.82, 2.24) is 14.4 Å². The monoisotopic (exact) mass is 294 g/mol. The van der Waals surface area contributed by atoms with Gasteiger partial charge < -0.3 is 9.30 Å². The Labute approximate surface area is 109 Å². The van der Waals surface area contributed by atoms with Crippen LogP contribution in [-0.4, -0.2) is 27.0 Å². The fraction of sp³-hybridized carbons (Fsp3) is 0.500. The van der Waals surface area contributed by atoms with E-state index < -0.39 is 0 Å². The molecule has 1 fully saturated rings. The molecule has 1 aliphatic rings. The molecule has 1 aliphatic heterocycles. The summed E-state index contributed by atoms with van der Waals surface area (Å²) in [5.41, 5.74) is 0.939. The van der Waals surface area contributed by atoms with E-state index in [-0.39, 0.29) is 0 Å². The van der Waals surface area contributed by atoms with Crippen LogP contribution in [0.25, 0.3) is 5.65 Å². The molecule has 1 saturated heterocycles. The van der Waals surface area contributed by atoms with Crippen LogP contribution in [0, 0.1) is 5.92 Å². The number of imidazole rings is 1. The topological polar surface area (TPSA) is 33.4 Å². The SMILES string of the molecule is CC1CC(C)N(c2nc(Br)cn3ccnc23)C1. The average molecular weight is 295 g/mol. The van der Waals surface area contributed by atoms with Crippen LogP contribution in [-0.2, 0) is 0 Å². The number of halogens is 1. The minimum Gasteiger partial charge on any atom is -0.351 e. The zero-order valence-electron chi connectivity index (χ0n) is 9.97. The predicted molar refractivity (Wildman–Crippen MR) is 71.3 cm³/mol. The maximum Gasteiger partial charge on any atom is 0.180 e. The van der Waals surface area contributed by atoms with Crippen molar-refractivity contribution in [3.05, 3.63) is 23.2 Å². The summed E-state index contributed by atoms with van der Waals surface area (Å²) in [6.45, 7) is 5.61. The summed E-state index contributed by atoms with van der Waals surface area (Å²) in [6.07, 6.45) is 6.93. The summed E-state index contributed by atoms with van der Waals surface area (Å²) in [7, 11) is 0. The fourth-order valence-corrected chi connectivity index (χ4v) is 3.06. The molecule has 4 nitrogen and oxygen atoms in total. The predicted octanol–water partition coefficient (Wildman–Crippen LogP) is 2.73. The van der Waals surface area contributed by atoms with Crippen LogP contribution in [0.4, 0.5) is 5.82 Å². The molecular weight excluding hydrogens is 280 g/mol. The second-order valence-corrected chi connectivity index (χ2v) is 5.70. The van der Waals surface area contributed by atoms with Gasteiger partial charge in [-0.2, -0.15) is 0 Å². The van der Waals surface area contributed by atoms with Crippen LogP contribution in [0.2, 0.25) is 0 Å². The Bertz CT molecular complexity index is 550. The zero-order chi connectivity index (χ0) is 12.0. The van der Waals surface area contributed by atoms with Crippen LogP contribution < -0.4 is 4.90 Å². The van der Waals surface area contributed by atoms with Gasteiger partial charge >= 0.3 is 0 Å². The molecule has 2 aromatic heterocycles. The van der Waals surface area contributed by atoms with E-state index in [0.717, 1.165) is 28.5 Å². The van der Waals surface area contributed by atoms with Gasteiger partial charge in [-0.1, -0.05) is 6.92 Å². The summed E-state index contributed by atoms with van der Waals surface area (Å²) >= 11 is 3.46.